The maximum absolute atomic E-state index is 8.98. The van der Waals surface area contributed by atoms with E-state index in [4.69, 9.17) is 10.5 Å². The first-order chi connectivity index (χ1) is 7.79. The summed E-state index contributed by atoms with van der Waals surface area (Å²) in [5.41, 5.74) is -0.102. The van der Waals surface area contributed by atoms with Gasteiger partial charge < -0.3 is 0 Å². The number of allylic oxidation sites excluding steroid dienone is 4. The third-order valence-corrected chi connectivity index (χ3v) is 3.34. The van der Waals surface area contributed by atoms with Crippen molar-refractivity contribution in [2.75, 3.05) is 0 Å². The summed E-state index contributed by atoms with van der Waals surface area (Å²) in [5.74, 6) is 0.202. The maximum Gasteiger partial charge on any atom is 0.0631 e. The summed E-state index contributed by atoms with van der Waals surface area (Å²) in [5, 5.41) is 17.8. The molecule has 0 saturated heterocycles. The Kier molecular flexibility index (Phi) is 4.80. The van der Waals surface area contributed by atoms with Gasteiger partial charge in [0.1, 0.15) is 0 Å². The molecule has 2 nitrogen and oxygen atoms in total. The molecule has 0 aromatic heterocycles. The Morgan fingerprint density at radius 1 is 1.25 bits per heavy atom. The van der Waals surface area contributed by atoms with Crippen LogP contribution in [0, 0.1) is 34.0 Å². The second-order valence-electron chi connectivity index (χ2n) is 4.38. The van der Waals surface area contributed by atoms with Crippen molar-refractivity contribution in [2.45, 2.75) is 39.0 Å². The zero-order valence-electron chi connectivity index (χ0n) is 9.82. The number of unbranched alkanes of at least 4 members (excludes halogenated alkanes) is 1. The van der Waals surface area contributed by atoms with E-state index in [1.54, 1.807) is 0 Å². The fraction of sp³-hybridized carbons (Fsp3) is 0.571. The van der Waals surface area contributed by atoms with E-state index >= 15 is 0 Å². The molecule has 0 heterocycles. The molecule has 0 fully saturated rings. The molecule has 2 atom stereocenters. The molecular formula is C14H18N2. The van der Waals surface area contributed by atoms with Crippen molar-refractivity contribution in [1.29, 1.82) is 10.5 Å². The van der Waals surface area contributed by atoms with Gasteiger partial charge in [-0.05, 0) is 6.42 Å². The van der Waals surface area contributed by atoms with Crippen LogP contribution in [-0.4, -0.2) is 0 Å². The van der Waals surface area contributed by atoms with Crippen LogP contribution in [0.4, 0.5) is 0 Å². The van der Waals surface area contributed by atoms with Crippen LogP contribution in [0.25, 0.3) is 0 Å². The van der Waals surface area contributed by atoms with Crippen LogP contribution in [0.3, 0.4) is 0 Å². The Labute approximate surface area is 97.9 Å². The van der Waals surface area contributed by atoms with E-state index in [2.05, 4.69) is 31.2 Å². The molecule has 0 aromatic carbocycles. The molecule has 0 aliphatic heterocycles. The summed E-state index contributed by atoms with van der Waals surface area (Å²) >= 11 is 0. The van der Waals surface area contributed by atoms with Crippen molar-refractivity contribution in [3.63, 3.8) is 0 Å². The lowest BCUT2D eigenvalue weighted by Gasteiger charge is -2.36. The average Bonchev–Trinajstić information content (AvgIpc) is 2.30. The molecule has 0 radical (unpaired) electrons. The summed E-state index contributed by atoms with van der Waals surface area (Å²) in [7, 11) is 0. The first kappa shape index (κ1) is 12.5. The van der Waals surface area contributed by atoms with Crippen LogP contribution in [0.2, 0.25) is 0 Å². The third kappa shape index (κ3) is 2.74. The van der Waals surface area contributed by atoms with E-state index in [1.807, 2.05) is 12.2 Å². The minimum Gasteiger partial charge on any atom is -0.198 e. The zero-order chi connectivity index (χ0) is 11.9. The van der Waals surface area contributed by atoms with Crippen LogP contribution in [0.15, 0.2) is 24.3 Å². The Morgan fingerprint density at radius 2 is 2.06 bits per heavy atom. The van der Waals surface area contributed by atoms with Gasteiger partial charge in [-0.25, -0.2) is 0 Å². The van der Waals surface area contributed by atoms with E-state index in [9.17, 15) is 0 Å². The van der Waals surface area contributed by atoms with Crippen LogP contribution in [0.5, 0.6) is 0 Å². The lowest BCUT2D eigenvalue weighted by molar-refractivity contribution is 0.251. The van der Waals surface area contributed by atoms with Gasteiger partial charge in [-0.3, -0.25) is 0 Å². The molecule has 0 spiro atoms. The number of hydrogen-bond acceptors (Lipinski definition) is 2. The van der Waals surface area contributed by atoms with Gasteiger partial charge in [0, 0.05) is 24.2 Å². The first-order valence-electron chi connectivity index (χ1n) is 5.89. The van der Waals surface area contributed by atoms with Gasteiger partial charge >= 0.3 is 0 Å². The molecule has 0 saturated carbocycles. The molecule has 0 amide bonds. The lowest BCUT2D eigenvalue weighted by Crippen LogP contribution is -2.28. The van der Waals surface area contributed by atoms with Crippen molar-refractivity contribution < 1.29 is 0 Å². The van der Waals surface area contributed by atoms with Crippen molar-refractivity contribution in [2.24, 2.45) is 11.3 Å². The fourth-order valence-electron chi connectivity index (χ4n) is 2.33. The first-order valence-corrected chi connectivity index (χ1v) is 5.89. The zero-order valence-corrected chi connectivity index (χ0v) is 9.82. The molecule has 2 heteroatoms. The van der Waals surface area contributed by atoms with E-state index in [0.717, 1.165) is 19.3 Å². The van der Waals surface area contributed by atoms with Gasteiger partial charge in [0.25, 0.3) is 0 Å². The standard InChI is InChI=1S/C14H18N2/c1-2-3-8-14(10-12-16)9-5-4-6-13(14)7-11-15/h4-6,9,13H,2-3,7-8,10H2,1H3. The molecule has 1 rings (SSSR count). The van der Waals surface area contributed by atoms with Crippen molar-refractivity contribution in [1.82, 2.24) is 0 Å². The van der Waals surface area contributed by atoms with E-state index in [-0.39, 0.29) is 11.3 Å². The van der Waals surface area contributed by atoms with Crippen molar-refractivity contribution in [3.05, 3.63) is 24.3 Å². The van der Waals surface area contributed by atoms with Crippen molar-refractivity contribution >= 4 is 0 Å². The minimum atomic E-state index is -0.102. The van der Waals surface area contributed by atoms with Gasteiger partial charge in [0.05, 0.1) is 12.1 Å². The number of rotatable bonds is 5. The maximum atomic E-state index is 8.98. The van der Waals surface area contributed by atoms with Crippen LogP contribution < -0.4 is 0 Å². The molecule has 16 heavy (non-hydrogen) atoms. The quantitative estimate of drug-likeness (QED) is 0.700. The molecule has 84 valence electrons. The van der Waals surface area contributed by atoms with E-state index < -0.39 is 0 Å². The van der Waals surface area contributed by atoms with Gasteiger partial charge in [-0.2, -0.15) is 10.5 Å². The lowest BCUT2D eigenvalue weighted by atomic mass is 9.67. The summed E-state index contributed by atoms with van der Waals surface area (Å²) in [6.45, 7) is 2.15. The van der Waals surface area contributed by atoms with Gasteiger partial charge in [0.15, 0.2) is 0 Å². The number of hydrogen-bond donors (Lipinski definition) is 0. The predicted octanol–water partition coefficient (Wildman–Crippen LogP) is 3.73. The molecule has 1 aliphatic rings. The van der Waals surface area contributed by atoms with E-state index in [0.29, 0.717) is 12.8 Å². The SMILES string of the molecule is CCCCC1(CC#N)C=CC=CC1CC#N. The summed E-state index contributed by atoms with van der Waals surface area (Å²) in [6.07, 6.45) is 12.5. The predicted molar refractivity (Wildman–Crippen MR) is 64.2 cm³/mol. The normalized spacial score (nSPS) is 27.3. The average molecular weight is 214 g/mol. The molecule has 0 N–H and O–H groups in total. The summed E-state index contributed by atoms with van der Waals surface area (Å²) in [6, 6.07) is 4.51. The number of nitriles is 2. The molecule has 0 aromatic rings. The number of nitrogens with zero attached hydrogens (tertiary/aromatic N) is 2. The smallest absolute Gasteiger partial charge is 0.0631 e. The molecule has 1 aliphatic carbocycles. The Hall–Kier alpha value is -1.54. The monoisotopic (exact) mass is 214 g/mol. The summed E-state index contributed by atoms with van der Waals surface area (Å²) in [4.78, 5) is 0. The Morgan fingerprint density at radius 3 is 2.69 bits per heavy atom. The Balaban J connectivity index is 2.87. The topological polar surface area (TPSA) is 47.6 Å². The molecule has 2 unspecified atom stereocenters. The van der Waals surface area contributed by atoms with E-state index in [1.165, 1.54) is 0 Å². The minimum absolute atomic E-state index is 0.102. The highest BCUT2D eigenvalue weighted by molar-refractivity contribution is 5.22. The highest BCUT2D eigenvalue weighted by Crippen LogP contribution is 2.42. The van der Waals surface area contributed by atoms with Crippen molar-refractivity contribution in [3.8, 4) is 12.1 Å². The van der Waals surface area contributed by atoms with Gasteiger partial charge in [0.2, 0.25) is 0 Å². The van der Waals surface area contributed by atoms with Crippen LogP contribution >= 0.6 is 0 Å². The van der Waals surface area contributed by atoms with Crippen LogP contribution in [-0.2, 0) is 0 Å². The highest BCUT2D eigenvalue weighted by atomic mass is 14.4. The second-order valence-corrected chi connectivity index (χ2v) is 4.38. The molecule has 0 bridgehead atoms. The van der Waals surface area contributed by atoms with Gasteiger partial charge in [-0.15, -0.1) is 0 Å². The fourth-order valence-corrected chi connectivity index (χ4v) is 2.33. The largest absolute Gasteiger partial charge is 0.198 e. The van der Waals surface area contributed by atoms with Gasteiger partial charge in [-0.1, -0.05) is 44.1 Å². The van der Waals surface area contributed by atoms with Crippen LogP contribution in [0.1, 0.15) is 39.0 Å². The third-order valence-electron chi connectivity index (χ3n) is 3.34. The Bertz CT molecular complexity index is 354. The second kappa shape index (κ2) is 6.13. The highest BCUT2D eigenvalue weighted by Gasteiger charge is 2.35. The molecular weight excluding hydrogens is 196 g/mol. The summed E-state index contributed by atoms with van der Waals surface area (Å²) < 4.78 is 0.